The maximum Gasteiger partial charge on any atom is 0.338 e. The Morgan fingerprint density at radius 2 is 2.05 bits per heavy atom. The van der Waals surface area contributed by atoms with Gasteiger partial charge in [-0.15, -0.1) is 22.7 Å². The van der Waals surface area contributed by atoms with Gasteiger partial charge in [0.15, 0.2) is 0 Å². The van der Waals surface area contributed by atoms with Gasteiger partial charge in [-0.05, 0) is 43.8 Å². The maximum absolute atomic E-state index is 12.0. The molecule has 2 rings (SSSR count). The van der Waals surface area contributed by atoms with Gasteiger partial charge >= 0.3 is 12.0 Å². The van der Waals surface area contributed by atoms with E-state index in [0.29, 0.717) is 5.00 Å². The van der Waals surface area contributed by atoms with Gasteiger partial charge in [-0.3, -0.25) is 5.32 Å². The third kappa shape index (κ3) is 3.62. The zero-order valence-corrected chi connectivity index (χ0v) is 13.5. The lowest BCUT2D eigenvalue weighted by Gasteiger charge is -2.14. The van der Waals surface area contributed by atoms with E-state index < -0.39 is 12.0 Å². The van der Waals surface area contributed by atoms with Crippen molar-refractivity contribution in [3.63, 3.8) is 0 Å². The Hall–Kier alpha value is -1.86. The number of anilines is 1. The molecule has 0 aliphatic rings. The summed E-state index contributed by atoms with van der Waals surface area (Å²) >= 11 is 2.87. The first kappa shape index (κ1) is 15.5. The molecule has 21 heavy (non-hydrogen) atoms. The molecule has 2 heterocycles. The largest absolute Gasteiger partial charge is 0.478 e. The molecule has 2 aromatic heterocycles. The highest BCUT2D eigenvalue weighted by molar-refractivity contribution is 7.14. The van der Waals surface area contributed by atoms with E-state index in [0.717, 1.165) is 5.56 Å². The molecule has 1 unspecified atom stereocenters. The number of urea groups is 1. The molecule has 0 aliphatic carbocycles. The molecule has 2 amide bonds. The molecule has 0 saturated heterocycles. The van der Waals surface area contributed by atoms with E-state index in [1.807, 2.05) is 20.8 Å². The van der Waals surface area contributed by atoms with Crippen LogP contribution in [0.1, 0.15) is 38.6 Å². The van der Waals surface area contributed by atoms with E-state index in [-0.39, 0.29) is 11.6 Å². The summed E-state index contributed by atoms with van der Waals surface area (Å²) in [6.07, 6.45) is 0. The van der Waals surface area contributed by atoms with Gasteiger partial charge < -0.3 is 10.4 Å². The number of hydrogen-bond acceptors (Lipinski definition) is 4. The minimum absolute atomic E-state index is 0.102. The second kappa shape index (κ2) is 6.28. The summed E-state index contributed by atoms with van der Waals surface area (Å²) in [7, 11) is 0. The van der Waals surface area contributed by atoms with E-state index in [2.05, 4.69) is 16.7 Å². The maximum atomic E-state index is 12.0. The standard InChI is InChI=1S/C14H16N2O3S2/c1-7-6-11(9(3)21-7)8(2)15-14(19)16-12-10(13(17)18)4-5-20-12/h4-6,8H,1-3H3,(H,17,18)(H2,15,16,19). The van der Waals surface area contributed by atoms with E-state index in [1.54, 1.807) is 16.7 Å². The van der Waals surface area contributed by atoms with Crippen LogP contribution in [0, 0.1) is 13.8 Å². The molecule has 0 saturated carbocycles. The predicted molar refractivity (Wildman–Crippen MR) is 85.6 cm³/mol. The summed E-state index contributed by atoms with van der Waals surface area (Å²) < 4.78 is 0. The van der Waals surface area contributed by atoms with Crippen LogP contribution in [0.25, 0.3) is 0 Å². The number of hydrogen-bond donors (Lipinski definition) is 3. The van der Waals surface area contributed by atoms with Crippen LogP contribution >= 0.6 is 22.7 Å². The van der Waals surface area contributed by atoms with Crippen LogP contribution in [0.3, 0.4) is 0 Å². The summed E-state index contributed by atoms with van der Waals surface area (Å²) in [4.78, 5) is 25.3. The van der Waals surface area contributed by atoms with E-state index in [9.17, 15) is 9.59 Å². The second-order valence-electron chi connectivity index (χ2n) is 4.66. The zero-order valence-electron chi connectivity index (χ0n) is 11.9. The number of carbonyl (C=O) groups is 2. The van der Waals surface area contributed by atoms with Gasteiger partial charge in [-0.2, -0.15) is 0 Å². The molecule has 7 heteroatoms. The average Bonchev–Trinajstić information content (AvgIpc) is 2.95. The van der Waals surface area contributed by atoms with Crippen molar-refractivity contribution in [1.82, 2.24) is 5.32 Å². The summed E-state index contributed by atoms with van der Waals surface area (Å²) in [6, 6.07) is 2.98. The number of aromatic carboxylic acids is 1. The quantitative estimate of drug-likeness (QED) is 0.795. The smallest absolute Gasteiger partial charge is 0.338 e. The van der Waals surface area contributed by atoms with Crippen LogP contribution in [-0.2, 0) is 0 Å². The van der Waals surface area contributed by atoms with Gasteiger partial charge in [0.1, 0.15) is 5.00 Å². The van der Waals surface area contributed by atoms with Gasteiger partial charge in [0, 0.05) is 9.75 Å². The Labute approximate surface area is 130 Å². The number of carbonyl (C=O) groups excluding carboxylic acids is 1. The fourth-order valence-corrected chi connectivity index (χ4v) is 3.87. The Morgan fingerprint density at radius 3 is 2.62 bits per heavy atom. The zero-order chi connectivity index (χ0) is 15.6. The van der Waals surface area contributed by atoms with Gasteiger partial charge in [0.25, 0.3) is 0 Å². The third-order valence-corrected chi connectivity index (χ3v) is 4.83. The van der Waals surface area contributed by atoms with Crippen molar-refractivity contribution in [1.29, 1.82) is 0 Å². The molecular formula is C14H16N2O3S2. The van der Waals surface area contributed by atoms with Gasteiger partial charge in [-0.1, -0.05) is 0 Å². The van der Waals surface area contributed by atoms with Crippen molar-refractivity contribution in [3.8, 4) is 0 Å². The number of thiophene rings is 2. The minimum atomic E-state index is -1.05. The highest BCUT2D eigenvalue weighted by atomic mass is 32.1. The number of aryl methyl sites for hydroxylation is 2. The molecule has 0 bridgehead atoms. The normalized spacial score (nSPS) is 12.0. The lowest BCUT2D eigenvalue weighted by Crippen LogP contribution is -2.31. The molecule has 5 nitrogen and oxygen atoms in total. The van der Waals surface area contributed by atoms with Gasteiger partial charge in [0.05, 0.1) is 11.6 Å². The van der Waals surface area contributed by atoms with Gasteiger partial charge in [0.2, 0.25) is 0 Å². The van der Waals surface area contributed by atoms with E-state index in [1.165, 1.54) is 27.2 Å². The first-order valence-corrected chi connectivity index (χ1v) is 8.03. The Balaban J connectivity index is 2.03. The van der Waals surface area contributed by atoms with Crippen LogP contribution < -0.4 is 10.6 Å². The number of nitrogens with one attached hydrogen (secondary N) is 2. The lowest BCUT2D eigenvalue weighted by atomic mass is 10.1. The van der Waals surface area contributed by atoms with Crippen LogP contribution in [0.4, 0.5) is 9.80 Å². The van der Waals surface area contributed by atoms with Crippen molar-refractivity contribution < 1.29 is 14.7 Å². The van der Waals surface area contributed by atoms with Crippen LogP contribution in [0.15, 0.2) is 17.5 Å². The molecule has 3 N–H and O–H groups in total. The van der Waals surface area contributed by atoms with Crippen molar-refractivity contribution >= 4 is 39.7 Å². The molecule has 0 radical (unpaired) electrons. The predicted octanol–water partition coefficient (Wildman–Crippen LogP) is 4.01. The SMILES string of the molecule is Cc1cc(C(C)NC(=O)Nc2sccc2C(=O)O)c(C)s1. The first-order valence-electron chi connectivity index (χ1n) is 6.33. The van der Waals surface area contributed by atoms with Crippen LogP contribution in [-0.4, -0.2) is 17.1 Å². The molecular weight excluding hydrogens is 308 g/mol. The number of rotatable bonds is 4. The third-order valence-electron chi connectivity index (χ3n) is 3.02. The molecule has 0 aliphatic heterocycles. The highest BCUT2D eigenvalue weighted by Crippen LogP contribution is 2.27. The van der Waals surface area contributed by atoms with Crippen molar-refractivity contribution in [2.24, 2.45) is 0 Å². The van der Waals surface area contributed by atoms with Crippen LogP contribution in [0.5, 0.6) is 0 Å². The summed E-state index contributed by atoms with van der Waals surface area (Å²) in [5, 5.41) is 16.4. The van der Waals surface area contributed by atoms with Crippen molar-refractivity contribution in [3.05, 3.63) is 38.4 Å². The summed E-state index contributed by atoms with van der Waals surface area (Å²) in [5.41, 5.74) is 1.18. The Kier molecular flexibility index (Phi) is 4.64. The topological polar surface area (TPSA) is 78.4 Å². The van der Waals surface area contributed by atoms with E-state index in [4.69, 9.17) is 5.11 Å². The highest BCUT2D eigenvalue weighted by Gasteiger charge is 2.17. The fraction of sp³-hybridized carbons (Fsp3) is 0.286. The number of carboxylic acid groups (broad SMARTS) is 1. The number of carboxylic acids is 1. The molecule has 112 valence electrons. The lowest BCUT2D eigenvalue weighted by molar-refractivity contribution is 0.0698. The first-order chi connectivity index (χ1) is 9.88. The molecule has 1 atom stereocenters. The fourth-order valence-electron chi connectivity index (χ4n) is 2.07. The van der Waals surface area contributed by atoms with Crippen molar-refractivity contribution in [2.45, 2.75) is 26.8 Å². The molecule has 2 aromatic rings. The average molecular weight is 324 g/mol. The van der Waals surface area contributed by atoms with Gasteiger partial charge in [-0.25, -0.2) is 9.59 Å². The number of amides is 2. The van der Waals surface area contributed by atoms with E-state index >= 15 is 0 Å². The summed E-state index contributed by atoms with van der Waals surface area (Å²) in [6.45, 7) is 5.95. The van der Waals surface area contributed by atoms with Crippen LogP contribution in [0.2, 0.25) is 0 Å². The Morgan fingerprint density at radius 1 is 1.33 bits per heavy atom. The monoisotopic (exact) mass is 324 g/mol. The second-order valence-corrected chi connectivity index (χ2v) is 7.03. The summed E-state index contributed by atoms with van der Waals surface area (Å²) in [5.74, 6) is -1.05. The Bertz CT molecular complexity index is 676. The molecule has 0 spiro atoms. The minimum Gasteiger partial charge on any atom is -0.478 e. The molecule has 0 aromatic carbocycles. The molecule has 0 fully saturated rings. The van der Waals surface area contributed by atoms with Crippen molar-refractivity contribution in [2.75, 3.05) is 5.32 Å².